The fourth-order valence-corrected chi connectivity index (χ4v) is 4.22. The molecule has 0 saturated heterocycles. The second-order valence-corrected chi connectivity index (χ2v) is 7.90. The monoisotopic (exact) mass is 416 g/mol. The molecule has 2 aromatic carbocycles. The number of carbonyl (C=O) groups excluding carboxylic acids is 1. The van der Waals surface area contributed by atoms with Crippen LogP contribution in [-0.4, -0.2) is 37.6 Å². The van der Waals surface area contributed by atoms with Crippen LogP contribution >= 0.6 is 12.4 Å². The maximum Gasteiger partial charge on any atom is 0.220 e. The van der Waals surface area contributed by atoms with Crippen molar-refractivity contribution in [3.63, 3.8) is 0 Å². The highest BCUT2D eigenvalue weighted by Crippen LogP contribution is 2.41. The van der Waals surface area contributed by atoms with Gasteiger partial charge in [0.15, 0.2) is 0 Å². The molecule has 158 valence electrons. The lowest BCUT2D eigenvalue weighted by atomic mass is 9.74. The van der Waals surface area contributed by atoms with E-state index in [1.807, 2.05) is 30.3 Å². The molecule has 1 amide bonds. The van der Waals surface area contributed by atoms with Crippen molar-refractivity contribution in [2.75, 3.05) is 20.7 Å². The summed E-state index contributed by atoms with van der Waals surface area (Å²) in [7, 11) is 4.33. The third kappa shape index (κ3) is 6.22. The summed E-state index contributed by atoms with van der Waals surface area (Å²) in [5, 5.41) is 3.23. The largest absolute Gasteiger partial charge is 0.494 e. The normalized spacial score (nSPS) is 21.3. The van der Waals surface area contributed by atoms with E-state index < -0.39 is 0 Å². The third-order valence-corrected chi connectivity index (χ3v) is 5.91. The summed E-state index contributed by atoms with van der Waals surface area (Å²) in [5.74, 6) is 0.995. The fourth-order valence-electron chi connectivity index (χ4n) is 4.22. The van der Waals surface area contributed by atoms with Gasteiger partial charge in [-0.25, -0.2) is 0 Å². The van der Waals surface area contributed by atoms with Gasteiger partial charge in [-0.2, -0.15) is 0 Å². The zero-order valence-corrected chi connectivity index (χ0v) is 18.3. The molecule has 0 heterocycles. The number of benzene rings is 2. The Hall–Kier alpha value is -2.04. The lowest BCUT2D eigenvalue weighted by molar-refractivity contribution is -0.122. The van der Waals surface area contributed by atoms with E-state index in [2.05, 4.69) is 54.6 Å². The van der Waals surface area contributed by atoms with Crippen LogP contribution in [0.3, 0.4) is 0 Å². The van der Waals surface area contributed by atoms with E-state index in [0.29, 0.717) is 13.0 Å². The van der Waals surface area contributed by atoms with Crippen molar-refractivity contribution in [1.29, 1.82) is 0 Å². The molecule has 0 aliphatic heterocycles. The Morgan fingerprint density at radius 2 is 1.62 bits per heavy atom. The maximum absolute atomic E-state index is 12.3. The SMILES string of the molecule is CN(C)C1(c2ccccc2)CCC(NC(=O)CCCOc2ccccc2)CC1.Cl. The van der Waals surface area contributed by atoms with E-state index in [4.69, 9.17) is 4.74 Å². The number of para-hydroxylation sites is 1. The zero-order valence-electron chi connectivity index (χ0n) is 17.5. The average molecular weight is 417 g/mol. The Morgan fingerprint density at radius 1 is 1.03 bits per heavy atom. The average Bonchev–Trinajstić information content (AvgIpc) is 2.73. The van der Waals surface area contributed by atoms with Crippen molar-refractivity contribution in [1.82, 2.24) is 10.2 Å². The number of hydrogen-bond donors (Lipinski definition) is 1. The van der Waals surface area contributed by atoms with E-state index in [9.17, 15) is 4.79 Å². The molecule has 4 nitrogen and oxygen atoms in total. The fraction of sp³-hybridized carbons (Fsp3) is 0.458. The Bertz CT molecular complexity index is 729. The molecule has 1 aliphatic carbocycles. The number of halogens is 1. The number of nitrogens with zero attached hydrogens (tertiary/aromatic N) is 1. The first-order chi connectivity index (χ1) is 13.6. The Labute approximate surface area is 181 Å². The minimum atomic E-state index is 0. The van der Waals surface area contributed by atoms with Gasteiger partial charge in [-0.1, -0.05) is 48.5 Å². The molecule has 2 aromatic rings. The van der Waals surface area contributed by atoms with Gasteiger partial charge in [0, 0.05) is 18.0 Å². The molecule has 1 aliphatic rings. The van der Waals surface area contributed by atoms with Gasteiger partial charge < -0.3 is 10.1 Å². The van der Waals surface area contributed by atoms with E-state index in [0.717, 1.165) is 37.9 Å². The number of nitrogens with one attached hydrogen (secondary N) is 1. The van der Waals surface area contributed by atoms with Crippen LogP contribution in [0, 0.1) is 0 Å². The Morgan fingerprint density at radius 3 is 2.21 bits per heavy atom. The van der Waals surface area contributed by atoms with Crippen molar-refractivity contribution in [3.8, 4) is 5.75 Å². The number of rotatable bonds is 8. The third-order valence-electron chi connectivity index (χ3n) is 5.91. The topological polar surface area (TPSA) is 41.6 Å². The van der Waals surface area contributed by atoms with Crippen molar-refractivity contribution in [2.45, 2.75) is 50.1 Å². The standard InChI is InChI=1S/C24H32N2O2.ClH/c1-26(2)24(20-10-5-3-6-11-20)17-15-21(16-18-24)25-23(27)14-9-19-28-22-12-7-4-8-13-22;/h3-8,10-13,21H,9,14-19H2,1-2H3,(H,25,27);1H. The molecule has 29 heavy (non-hydrogen) atoms. The summed E-state index contributed by atoms with van der Waals surface area (Å²) in [5.41, 5.74) is 1.45. The van der Waals surface area contributed by atoms with Crippen molar-refractivity contribution < 1.29 is 9.53 Å². The van der Waals surface area contributed by atoms with Crippen LogP contribution in [0.15, 0.2) is 60.7 Å². The van der Waals surface area contributed by atoms with Crippen molar-refractivity contribution in [3.05, 3.63) is 66.2 Å². The van der Waals surface area contributed by atoms with E-state index >= 15 is 0 Å². The molecule has 5 heteroatoms. The van der Waals surface area contributed by atoms with Crippen molar-refractivity contribution >= 4 is 18.3 Å². The quantitative estimate of drug-likeness (QED) is 0.629. The van der Waals surface area contributed by atoms with Gasteiger partial charge >= 0.3 is 0 Å². The Kier molecular flexibility index (Phi) is 8.99. The lowest BCUT2D eigenvalue weighted by Gasteiger charge is -2.45. The van der Waals surface area contributed by atoms with Crippen LogP contribution in [0.4, 0.5) is 0 Å². The molecule has 1 fully saturated rings. The molecule has 0 aromatic heterocycles. The number of amides is 1. The predicted octanol–water partition coefficient (Wildman–Crippen LogP) is 4.78. The summed E-state index contributed by atoms with van der Waals surface area (Å²) in [4.78, 5) is 14.7. The summed E-state index contributed by atoms with van der Waals surface area (Å²) in [6.45, 7) is 0.569. The summed E-state index contributed by atoms with van der Waals surface area (Å²) in [6.07, 6.45) is 5.40. The number of carbonyl (C=O) groups is 1. The first-order valence-corrected chi connectivity index (χ1v) is 10.3. The maximum atomic E-state index is 12.3. The van der Waals surface area contributed by atoms with Gasteiger partial charge in [-0.05, 0) is 63.9 Å². The molecule has 0 bridgehead atoms. The van der Waals surface area contributed by atoms with Gasteiger partial charge in [0.2, 0.25) is 5.91 Å². The number of hydrogen-bond acceptors (Lipinski definition) is 3. The van der Waals surface area contributed by atoms with Crippen LogP contribution in [0.2, 0.25) is 0 Å². The smallest absolute Gasteiger partial charge is 0.220 e. The van der Waals surface area contributed by atoms with Gasteiger partial charge in [-0.3, -0.25) is 9.69 Å². The summed E-state index contributed by atoms with van der Waals surface area (Å²) < 4.78 is 5.66. The summed E-state index contributed by atoms with van der Waals surface area (Å²) >= 11 is 0. The Balaban J connectivity index is 0.00000300. The lowest BCUT2D eigenvalue weighted by Crippen LogP contribution is -2.48. The highest BCUT2D eigenvalue weighted by molar-refractivity contribution is 5.85. The van der Waals surface area contributed by atoms with Crippen LogP contribution in [0.1, 0.15) is 44.1 Å². The molecule has 3 rings (SSSR count). The van der Waals surface area contributed by atoms with Gasteiger partial charge in [0.05, 0.1) is 6.61 Å². The molecule has 0 atom stereocenters. The van der Waals surface area contributed by atoms with E-state index in [-0.39, 0.29) is 29.9 Å². The minimum Gasteiger partial charge on any atom is -0.494 e. The molecule has 0 unspecified atom stereocenters. The minimum absolute atomic E-state index is 0. The molecule has 0 spiro atoms. The highest BCUT2D eigenvalue weighted by Gasteiger charge is 2.38. The number of ether oxygens (including phenoxy) is 1. The molecule has 1 N–H and O–H groups in total. The first-order valence-electron chi connectivity index (χ1n) is 10.3. The van der Waals surface area contributed by atoms with E-state index in [1.54, 1.807) is 0 Å². The molecular formula is C24H33ClN2O2. The predicted molar refractivity (Wildman–Crippen MR) is 121 cm³/mol. The highest BCUT2D eigenvalue weighted by atomic mass is 35.5. The van der Waals surface area contributed by atoms with Crippen LogP contribution < -0.4 is 10.1 Å². The summed E-state index contributed by atoms with van der Waals surface area (Å²) in [6, 6.07) is 20.8. The van der Waals surface area contributed by atoms with Crippen LogP contribution in [0.25, 0.3) is 0 Å². The molecular weight excluding hydrogens is 384 g/mol. The van der Waals surface area contributed by atoms with Gasteiger partial charge in [0.1, 0.15) is 5.75 Å². The first kappa shape index (κ1) is 23.2. The zero-order chi connectivity index (χ0) is 19.8. The molecule has 0 radical (unpaired) electrons. The second kappa shape index (κ2) is 11.2. The van der Waals surface area contributed by atoms with Gasteiger partial charge in [0.25, 0.3) is 0 Å². The van der Waals surface area contributed by atoms with Crippen molar-refractivity contribution in [2.24, 2.45) is 0 Å². The second-order valence-electron chi connectivity index (χ2n) is 7.90. The van der Waals surface area contributed by atoms with Crippen LogP contribution in [-0.2, 0) is 10.3 Å². The van der Waals surface area contributed by atoms with Crippen LogP contribution in [0.5, 0.6) is 5.75 Å². The molecule has 1 saturated carbocycles. The van der Waals surface area contributed by atoms with E-state index in [1.165, 1.54) is 5.56 Å². The van der Waals surface area contributed by atoms with Gasteiger partial charge in [-0.15, -0.1) is 12.4 Å².